The third kappa shape index (κ3) is 4.03. The van der Waals surface area contributed by atoms with Crippen LogP contribution >= 0.6 is 0 Å². The molecule has 1 unspecified atom stereocenters. The lowest BCUT2D eigenvalue weighted by atomic mass is 9.94. The molecule has 0 aliphatic carbocycles. The molecular weight excluding hydrogens is 198 g/mol. The summed E-state index contributed by atoms with van der Waals surface area (Å²) in [5.41, 5.74) is 5.64. The van der Waals surface area contributed by atoms with Crippen LogP contribution in [0, 0.1) is 11.8 Å². The Labute approximate surface area is 90.8 Å². The van der Waals surface area contributed by atoms with Crippen molar-refractivity contribution in [2.45, 2.75) is 32.6 Å². The summed E-state index contributed by atoms with van der Waals surface area (Å²) in [5, 5.41) is 0. The predicted molar refractivity (Wildman–Crippen MR) is 58.0 cm³/mol. The van der Waals surface area contributed by atoms with Crippen LogP contribution in [0.3, 0.4) is 0 Å². The second-order valence-corrected chi connectivity index (χ2v) is 4.93. The van der Waals surface area contributed by atoms with Gasteiger partial charge in [-0.05, 0) is 31.3 Å². The third-order valence-corrected chi connectivity index (χ3v) is 3.21. The van der Waals surface area contributed by atoms with E-state index in [1.807, 2.05) is 4.90 Å². The molecule has 90 valence electrons. The van der Waals surface area contributed by atoms with Crippen molar-refractivity contribution < 1.29 is 8.78 Å². The number of piperidine rings is 1. The fourth-order valence-electron chi connectivity index (χ4n) is 2.09. The summed E-state index contributed by atoms with van der Waals surface area (Å²) < 4.78 is 26.3. The second-order valence-electron chi connectivity index (χ2n) is 4.93. The van der Waals surface area contributed by atoms with Crippen LogP contribution in [0.25, 0.3) is 0 Å². The van der Waals surface area contributed by atoms with E-state index in [1.165, 1.54) is 0 Å². The molecule has 15 heavy (non-hydrogen) atoms. The zero-order valence-electron chi connectivity index (χ0n) is 9.68. The lowest BCUT2D eigenvalue weighted by Gasteiger charge is -2.35. The monoisotopic (exact) mass is 220 g/mol. The van der Waals surface area contributed by atoms with Crippen LogP contribution in [0.5, 0.6) is 0 Å². The van der Waals surface area contributed by atoms with Crippen molar-refractivity contribution in [3.05, 3.63) is 0 Å². The van der Waals surface area contributed by atoms with E-state index >= 15 is 0 Å². The molecule has 0 aromatic heterocycles. The molecule has 0 saturated carbocycles. The number of rotatable bonds is 4. The molecule has 1 fully saturated rings. The van der Waals surface area contributed by atoms with Crippen LogP contribution in [-0.2, 0) is 0 Å². The van der Waals surface area contributed by atoms with Gasteiger partial charge in [-0.2, -0.15) is 0 Å². The van der Waals surface area contributed by atoms with Crippen LogP contribution in [0.15, 0.2) is 0 Å². The van der Waals surface area contributed by atoms with Gasteiger partial charge in [-0.3, -0.25) is 4.90 Å². The predicted octanol–water partition coefficient (Wildman–Crippen LogP) is 1.95. The second kappa shape index (κ2) is 5.21. The Hall–Kier alpha value is -0.220. The number of hydrogen-bond donors (Lipinski definition) is 1. The summed E-state index contributed by atoms with van der Waals surface area (Å²) in [4.78, 5) is 1.86. The largest absolute Gasteiger partial charge is 0.330 e. The first-order valence-electron chi connectivity index (χ1n) is 5.75. The Morgan fingerprint density at radius 1 is 1.40 bits per heavy atom. The smallest absolute Gasteiger partial charge is 0.260 e. The van der Waals surface area contributed by atoms with Gasteiger partial charge in [0, 0.05) is 13.0 Å². The van der Waals surface area contributed by atoms with Crippen molar-refractivity contribution in [1.82, 2.24) is 4.90 Å². The molecule has 0 aromatic rings. The molecule has 2 nitrogen and oxygen atoms in total. The molecule has 0 bridgehead atoms. The van der Waals surface area contributed by atoms with E-state index in [0.29, 0.717) is 31.3 Å². The molecule has 1 heterocycles. The first-order chi connectivity index (χ1) is 6.94. The summed E-state index contributed by atoms with van der Waals surface area (Å²) in [5.74, 6) is -1.70. The van der Waals surface area contributed by atoms with E-state index in [0.717, 1.165) is 6.54 Å². The maximum absolute atomic E-state index is 13.1. The van der Waals surface area contributed by atoms with E-state index in [4.69, 9.17) is 5.73 Å². The quantitative estimate of drug-likeness (QED) is 0.784. The summed E-state index contributed by atoms with van der Waals surface area (Å²) in [6.45, 7) is 6.19. The van der Waals surface area contributed by atoms with E-state index in [9.17, 15) is 8.78 Å². The molecule has 1 rings (SSSR count). The number of nitrogens with zero attached hydrogens (tertiary/aromatic N) is 1. The maximum atomic E-state index is 13.1. The molecule has 0 radical (unpaired) electrons. The molecule has 2 N–H and O–H groups in total. The van der Waals surface area contributed by atoms with E-state index in [2.05, 4.69) is 13.8 Å². The molecule has 0 spiro atoms. The molecule has 1 atom stereocenters. The first kappa shape index (κ1) is 12.8. The number of likely N-dealkylation sites (tertiary alicyclic amines) is 1. The van der Waals surface area contributed by atoms with E-state index in [1.54, 1.807) is 0 Å². The zero-order chi connectivity index (χ0) is 11.5. The average molecular weight is 220 g/mol. The van der Waals surface area contributed by atoms with Crippen molar-refractivity contribution in [1.29, 1.82) is 0 Å². The summed E-state index contributed by atoms with van der Waals surface area (Å²) in [6.07, 6.45) is 0.640. The molecule has 0 aromatic carbocycles. The molecule has 1 aliphatic rings. The summed E-state index contributed by atoms with van der Waals surface area (Å²) in [7, 11) is 0. The van der Waals surface area contributed by atoms with Crippen molar-refractivity contribution >= 4 is 0 Å². The van der Waals surface area contributed by atoms with Gasteiger partial charge in [-0.25, -0.2) is 8.78 Å². The first-order valence-corrected chi connectivity index (χ1v) is 5.75. The summed E-state index contributed by atoms with van der Waals surface area (Å²) >= 11 is 0. The normalized spacial score (nSPS) is 24.4. The lowest BCUT2D eigenvalue weighted by molar-refractivity contribution is -0.0679. The Morgan fingerprint density at radius 3 is 2.53 bits per heavy atom. The Balaban J connectivity index is 2.43. The number of nitrogens with two attached hydrogens (primary N) is 1. The number of hydrogen-bond acceptors (Lipinski definition) is 2. The minimum Gasteiger partial charge on any atom is -0.330 e. The van der Waals surface area contributed by atoms with Gasteiger partial charge in [0.2, 0.25) is 0 Å². The highest BCUT2D eigenvalue weighted by Crippen LogP contribution is 2.27. The van der Waals surface area contributed by atoms with Crippen molar-refractivity contribution in [3.63, 3.8) is 0 Å². The molecular formula is C11H22F2N2. The fourth-order valence-corrected chi connectivity index (χ4v) is 2.09. The third-order valence-electron chi connectivity index (χ3n) is 3.21. The van der Waals surface area contributed by atoms with Crippen LogP contribution in [0.1, 0.15) is 26.7 Å². The van der Waals surface area contributed by atoms with Gasteiger partial charge in [0.15, 0.2) is 0 Å². The topological polar surface area (TPSA) is 29.3 Å². The fraction of sp³-hybridized carbons (Fsp3) is 1.00. The minimum absolute atomic E-state index is 0.0401. The zero-order valence-corrected chi connectivity index (χ0v) is 9.68. The van der Waals surface area contributed by atoms with E-state index < -0.39 is 5.92 Å². The molecule has 1 saturated heterocycles. The maximum Gasteiger partial charge on any atom is 0.260 e. The Morgan fingerprint density at radius 2 is 2.07 bits per heavy atom. The van der Waals surface area contributed by atoms with Gasteiger partial charge in [0.25, 0.3) is 5.92 Å². The van der Waals surface area contributed by atoms with Crippen molar-refractivity contribution in [2.24, 2.45) is 17.6 Å². The highest BCUT2D eigenvalue weighted by molar-refractivity contribution is 4.80. The number of halogens is 2. The lowest BCUT2D eigenvalue weighted by Crippen LogP contribution is -2.46. The van der Waals surface area contributed by atoms with Crippen molar-refractivity contribution in [2.75, 3.05) is 26.2 Å². The average Bonchev–Trinajstić information content (AvgIpc) is 2.12. The molecule has 4 heteroatoms. The minimum atomic E-state index is -2.49. The highest BCUT2D eigenvalue weighted by Gasteiger charge is 2.35. The number of alkyl halides is 2. The molecule has 1 aliphatic heterocycles. The van der Waals surface area contributed by atoms with Crippen LogP contribution in [0.4, 0.5) is 8.78 Å². The molecule has 0 amide bonds. The van der Waals surface area contributed by atoms with Crippen molar-refractivity contribution in [3.8, 4) is 0 Å². The Bertz CT molecular complexity index is 195. The van der Waals surface area contributed by atoms with Crippen LogP contribution in [-0.4, -0.2) is 37.0 Å². The van der Waals surface area contributed by atoms with Crippen LogP contribution in [0.2, 0.25) is 0 Å². The Kier molecular flexibility index (Phi) is 4.46. The van der Waals surface area contributed by atoms with Gasteiger partial charge in [-0.15, -0.1) is 0 Å². The van der Waals surface area contributed by atoms with E-state index in [-0.39, 0.29) is 13.0 Å². The van der Waals surface area contributed by atoms with Gasteiger partial charge >= 0.3 is 0 Å². The van der Waals surface area contributed by atoms with Gasteiger partial charge in [0.05, 0.1) is 6.54 Å². The van der Waals surface area contributed by atoms with Gasteiger partial charge < -0.3 is 5.73 Å². The summed E-state index contributed by atoms with van der Waals surface area (Å²) in [6, 6.07) is 0. The SMILES string of the molecule is CC(C)C(CN)CN1CCCC(F)(F)C1. The standard InChI is InChI=1S/C11H22F2N2/c1-9(2)10(6-14)7-15-5-3-4-11(12,13)8-15/h9-10H,3-8,14H2,1-2H3. The van der Waals surface area contributed by atoms with Gasteiger partial charge in [-0.1, -0.05) is 13.8 Å². The highest BCUT2D eigenvalue weighted by atomic mass is 19.3. The van der Waals surface area contributed by atoms with Gasteiger partial charge in [0.1, 0.15) is 0 Å². The van der Waals surface area contributed by atoms with Crippen LogP contribution < -0.4 is 5.73 Å².